The number of rotatable bonds is 0. The number of fused-ring (bicyclic) bond motifs is 6. The van der Waals surface area contributed by atoms with Crippen LogP contribution < -0.4 is 0 Å². The van der Waals surface area contributed by atoms with Crippen LogP contribution in [0, 0.1) is 68.0 Å². The second-order valence-corrected chi connectivity index (χ2v) is 8.85. The van der Waals surface area contributed by atoms with Crippen molar-refractivity contribution in [3.8, 4) is 18.2 Å². The summed E-state index contributed by atoms with van der Waals surface area (Å²) in [7, 11) is 0. The van der Waals surface area contributed by atoms with E-state index in [0.717, 1.165) is 77.0 Å². The molecule has 4 aliphatic rings. The lowest BCUT2D eigenvalue weighted by Gasteiger charge is -2.66. The van der Waals surface area contributed by atoms with Gasteiger partial charge < -0.3 is 0 Å². The van der Waals surface area contributed by atoms with Gasteiger partial charge in [0.2, 0.25) is 0 Å². The van der Waals surface area contributed by atoms with Crippen LogP contribution in [0.1, 0.15) is 77.0 Å². The van der Waals surface area contributed by atoms with Crippen LogP contribution in [0.15, 0.2) is 0 Å². The van der Waals surface area contributed by atoms with E-state index in [-0.39, 0.29) is 17.8 Å². The van der Waals surface area contributed by atoms with Crippen LogP contribution in [0.25, 0.3) is 0 Å². The Balaban J connectivity index is 1.96. The molecule has 0 atom stereocenters. The molecule has 24 heavy (non-hydrogen) atoms. The molecule has 4 aliphatic carbocycles. The van der Waals surface area contributed by atoms with Gasteiger partial charge in [0.05, 0.1) is 34.5 Å². The van der Waals surface area contributed by atoms with Gasteiger partial charge in [-0.2, -0.15) is 15.8 Å². The monoisotopic (exact) mass is 321 g/mol. The van der Waals surface area contributed by atoms with Gasteiger partial charge in [-0.3, -0.25) is 0 Å². The summed E-state index contributed by atoms with van der Waals surface area (Å²) in [6.45, 7) is 0. The molecular weight excluding hydrogens is 294 g/mol. The summed E-state index contributed by atoms with van der Waals surface area (Å²) in [5.74, 6) is 0.593. The zero-order valence-electron chi connectivity index (χ0n) is 14.6. The van der Waals surface area contributed by atoms with Gasteiger partial charge in [-0.05, 0) is 56.3 Å². The second kappa shape index (κ2) is 5.49. The highest BCUT2D eigenvalue weighted by molar-refractivity contribution is 5.31. The van der Waals surface area contributed by atoms with E-state index in [0.29, 0.717) is 0 Å². The molecule has 0 amide bonds. The highest BCUT2D eigenvalue weighted by Crippen LogP contribution is 2.73. The van der Waals surface area contributed by atoms with Crippen molar-refractivity contribution < 1.29 is 0 Å². The SMILES string of the molecule is N#CC12CCCCC1C1(C#N)CCCCC1C1(C#N)CCCCC21. The van der Waals surface area contributed by atoms with Gasteiger partial charge in [-0.25, -0.2) is 0 Å². The van der Waals surface area contributed by atoms with Crippen LogP contribution in [0.2, 0.25) is 0 Å². The molecule has 0 aromatic heterocycles. The number of hydrogen-bond donors (Lipinski definition) is 0. The Morgan fingerprint density at radius 2 is 0.792 bits per heavy atom. The van der Waals surface area contributed by atoms with Crippen molar-refractivity contribution in [1.82, 2.24) is 0 Å². The fourth-order valence-corrected chi connectivity index (χ4v) is 7.63. The van der Waals surface area contributed by atoms with Crippen molar-refractivity contribution in [3.63, 3.8) is 0 Å². The van der Waals surface area contributed by atoms with E-state index in [1.165, 1.54) is 0 Å². The van der Waals surface area contributed by atoms with E-state index >= 15 is 0 Å². The maximum Gasteiger partial charge on any atom is 0.0696 e. The predicted molar refractivity (Wildman–Crippen MR) is 90.0 cm³/mol. The van der Waals surface area contributed by atoms with Crippen LogP contribution in [0.4, 0.5) is 0 Å². The molecule has 3 nitrogen and oxygen atoms in total. The third-order valence-electron chi connectivity index (χ3n) is 8.36. The molecule has 0 aliphatic heterocycles. The van der Waals surface area contributed by atoms with Gasteiger partial charge in [0.25, 0.3) is 0 Å². The quantitative estimate of drug-likeness (QED) is 0.623. The molecule has 3 heteroatoms. The fourth-order valence-electron chi connectivity index (χ4n) is 7.63. The topological polar surface area (TPSA) is 71.4 Å². The number of nitriles is 3. The van der Waals surface area contributed by atoms with Crippen molar-refractivity contribution >= 4 is 0 Å². The largest absolute Gasteiger partial charge is 0.198 e. The van der Waals surface area contributed by atoms with Gasteiger partial charge in [0.15, 0.2) is 0 Å². The van der Waals surface area contributed by atoms with E-state index in [9.17, 15) is 15.8 Å². The standard InChI is InChI=1S/C21H27N3/c22-13-19-10-4-1-7-16(19)20(14-23)11-5-2-9-18(20)21(15-24)12-6-3-8-17(19)21/h16-18H,1-12H2. The van der Waals surface area contributed by atoms with Gasteiger partial charge in [-0.15, -0.1) is 0 Å². The average Bonchev–Trinajstić information content (AvgIpc) is 2.67. The van der Waals surface area contributed by atoms with Crippen molar-refractivity contribution in [3.05, 3.63) is 0 Å². The maximum atomic E-state index is 10.4. The van der Waals surface area contributed by atoms with Crippen molar-refractivity contribution in [2.24, 2.45) is 34.0 Å². The third-order valence-corrected chi connectivity index (χ3v) is 8.36. The van der Waals surface area contributed by atoms with Gasteiger partial charge in [0.1, 0.15) is 0 Å². The summed E-state index contributed by atoms with van der Waals surface area (Å²) in [5.41, 5.74) is -1.26. The molecule has 0 saturated heterocycles. The van der Waals surface area contributed by atoms with Crippen molar-refractivity contribution in [2.45, 2.75) is 77.0 Å². The minimum absolute atomic E-state index is 0.198. The lowest BCUT2D eigenvalue weighted by atomic mass is 9.33. The first-order valence-corrected chi connectivity index (χ1v) is 9.94. The summed E-state index contributed by atoms with van der Waals surface area (Å²) in [4.78, 5) is 0. The summed E-state index contributed by atoms with van der Waals surface area (Å²) in [6, 6.07) is 8.30. The van der Waals surface area contributed by atoms with E-state index in [1.807, 2.05) is 0 Å². The molecular formula is C21H27N3. The Morgan fingerprint density at radius 1 is 0.500 bits per heavy atom. The predicted octanol–water partition coefficient (Wildman–Crippen LogP) is 5.10. The molecule has 126 valence electrons. The molecule has 0 heterocycles. The average molecular weight is 321 g/mol. The lowest BCUT2D eigenvalue weighted by Crippen LogP contribution is -2.65. The van der Waals surface area contributed by atoms with E-state index in [1.54, 1.807) is 0 Å². The number of nitrogens with zero attached hydrogens (tertiary/aromatic N) is 3. The summed E-state index contributed by atoms with van der Waals surface area (Å²) in [5, 5.41) is 31.1. The van der Waals surface area contributed by atoms with Gasteiger partial charge in [0, 0.05) is 0 Å². The molecule has 0 unspecified atom stereocenters. The molecule has 0 radical (unpaired) electrons. The minimum Gasteiger partial charge on any atom is -0.198 e. The fraction of sp³-hybridized carbons (Fsp3) is 0.857. The van der Waals surface area contributed by atoms with Gasteiger partial charge >= 0.3 is 0 Å². The van der Waals surface area contributed by atoms with E-state index < -0.39 is 16.2 Å². The minimum atomic E-state index is -0.419. The molecule has 4 rings (SSSR count). The zero-order valence-corrected chi connectivity index (χ0v) is 14.6. The second-order valence-electron chi connectivity index (χ2n) is 8.85. The molecule has 0 aromatic rings. The Hall–Kier alpha value is -1.53. The summed E-state index contributed by atoms with van der Waals surface area (Å²) >= 11 is 0. The number of hydrogen-bond acceptors (Lipinski definition) is 3. The van der Waals surface area contributed by atoms with E-state index in [2.05, 4.69) is 18.2 Å². The molecule has 0 bridgehead atoms. The molecule has 0 spiro atoms. The normalized spacial score (nSPS) is 50.1. The Morgan fingerprint density at radius 3 is 1.04 bits per heavy atom. The first-order chi connectivity index (χ1) is 11.7. The van der Waals surface area contributed by atoms with Crippen molar-refractivity contribution in [2.75, 3.05) is 0 Å². The summed E-state index contributed by atoms with van der Waals surface area (Å²) < 4.78 is 0. The van der Waals surface area contributed by atoms with Crippen LogP contribution in [-0.2, 0) is 0 Å². The first-order valence-electron chi connectivity index (χ1n) is 9.94. The Bertz CT molecular complexity index is 541. The van der Waals surface area contributed by atoms with Crippen LogP contribution in [0.3, 0.4) is 0 Å². The molecule has 4 saturated carbocycles. The molecule has 0 aromatic carbocycles. The van der Waals surface area contributed by atoms with Crippen LogP contribution >= 0.6 is 0 Å². The van der Waals surface area contributed by atoms with Crippen LogP contribution in [0.5, 0.6) is 0 Å². The summed E-state index contributed by atoms with van der Waals surface area (Å²) in [6.07, 6.45) is 12.5. The van der Waals surface area contributed by atoms with Crippen LogP contribution in [-0.4, -0.2) is 0 Å². The van der Waals surface area contributed by atoms with Gasteiger partial charge in [-0.1, -0.05) is 38.5 Å². The van der Waals surface area contributed by atoms with E-state index in [4.69, 9.17) is 0 Å². The maximum absolute atomic E-state index is 10.4. The van der Waals surface area contributed by atoms with Crippen molar-refractivity contribution in [1.29, 1.82) is 15.8 Å². The first kappa shape index (κ1) is 16.0. The highest BCUT2D eigenvalue weighted by Gasteiger charge is 2.72. The molecule has 4 fully saturated rings. The molecule has 0 N–H and O–H groups in total. The third kappa shape index (κ3) is 1.70. The smallest absolute Gasteiger partial charge is 0.0696 e. The Labute approximate surface area is 145 Å². The Kier molecular flexibility index (Phi) is 3.65. The lowest BCUT2D eigenvalue weighted by molar-refractivity contribution is -0.177. The zero-order chi connectivity index (χ0) is 16.8. The highest BCUT2D eigenvalue weighted by atomic mass is 14.7.